The molecule has 7 heteroatoms. The fourth-order valence-corrected chi connectivity index (χ4v) is 3.89. The van der Waals surface area contributed by atoms with E-state index in [0.29, 0.717) is 25.1 Å². The van der Waals surface area contributed by atoms with Gasteiger partial charge in [-0.25, -0.2) is 9.99 Å². The maximum atomic E-state index is 12.5. The first-order chi connectivity index (χ1) is 13.4. The molecule has 2 aromatic rings. The van der Waals surface area contributed by atoms with E-state index < -0.39 is 0 Å². The number of amides is 2. The average Bonchev–Trinajstić information content (AvgIpc) is 3.09. The van der Waals surface area contributed by atoms with Gasteiger partial charge in [0, 0.05) is 30.5 Å². The lowest BCUT2D eigenvalue weighted by Crippen LogP contribution is -2.39. The second kappa shape index (κ2) is 9.10. The van der Waals surface area contributed by atoms with Crippen molar-refractivity contribution in [1.29, 1.82) is 0 Å². The predicted molar refractivity (Wildman–Crippen MR) is 113 cm³/mol. The molecule has 0 spiro atoms. The number of unbranched alkanes of at least 4 members (excludes halogenated alkanes) is 1. The first kappa shape index (κ1) is 20.2. The minimum absolute atomic E-state index is 0.0796. The molecular weight excluding hydrogens is 372 g/mol. The van der Waals surface area contributed by atoms with Crippen LogP contribution < -0.4 is 10.3 Å². The lowest BCUT2D eigenvalue weighted by molar-refractivity contribution is -0.119. The highest BCUT2D eigenvalue weighted by Gasteiger charge is 2.26. The van der Waals surface area contributed by atoms with Gasteiger partial charge in [-0.05, 0) is 57.2 Å². The van der Waals surface area contributed by atoms with Gasteiger partial charge in [0.1, 0.15) is 5.71 Å². The van der Waals surface area contributed by atoms with Gasteiger partial charge in [0.15, 0.2) is 0 Å². The van der Waals surface area contributed by atoms with Crippen molar-refractivity contribution in [3.05, 3.63) is 45.4 Å². The van der Waals surface area contributed by atoms with Crippen molar-refractivity contribution in [2.24, 2.45) is 5.10 Å². The van der Waals surface area contributed by atoms with E-state index in [9.17, 15) is 9.59 Å². The van der Waals surface area contributed by atoms with Crippen molar-refractivity contribution < 1.29 is 9.59 Å². The Morgan fingerprint density at radius 1 is 1.21 bits per heavy atom. The number of hydrogen-bond donors (Lipinski definition) is 1. The molecule has 1 aliphatic rings. The Kier molecular flexibility index (Phi) is 6.57. The lowest BCUT2D eigenvalue weighted by Gasteiger charge is -2.24. The molecule has 1 aliphatic heterocycles. The molecule has 0 atom stereocenters. The molecule has 0 saturated carbocycles. The van der Waals surface area contributed by atoms with Gasteiger partial charge in [0.25, 0.3) is 5.91 Å². The van der Waals surface area contributed by atoms with Crippen molar-refractivity contribution >= 4 is 34.6 Å². The summed E-state index contributed by atoms with van der Waals surface area (Å²) in [6.07, 6.45) is 3.47. The smallest absolute Gasteiger partial charge is 0.267 e. The van der Waals surface area contributed by atoms with Crippen LogP contribution in [0.4, 0.5) is 5.69 Å². The number of nitrogens with one attached hydrogen (secondary N) is 1. The van der Waals surface area contributed by atoms with Crippen LogP contribution in [0.25, 0.3) is 0 Å². The Labute approximate surface area is 169 Å². The number of hydrazone groups is 1. The molecule has 0 aliphatic carbocycles. The minimum Gasteiger partial charge on any atom is -0.351 e. The molecule has 2 amide bonds. The van der Waals surface area contributed by atoms with Crippen LogP contribution in [0.15, 0.2) is 28.7 Å². The summed E-state index contributed by atoms with van der Waals surface area (Å²) >= 11 is 1.68. The molecule has 0 unspecified atom stereocenters. The number of anilines is 1. The molecule has 1 aromatic carbocycles. The third-order valence-corrected chi connectivity index (χ3v) is 5.68. The fourth-order valence-electron chi connectivity index (χ4n) is 3.08. The van der Waals surface area contributed by atoms with Gasteiger partial charge >= 0.3 is 0 Å². The maximum absolute atomic E-state index is 12.5. The van der Waals surface area contributed by atoms with Crippen LogP contribution in [0, 0.1) is 20.8 Å². The SMILES string of the molecule is Cc1ccc(C)c(N2N=C(C(=O)NCCCCc3nc(C)cs3)CCC2=O)c1. The molecule has 148 valence electrons. The molecule has 28 heavy (non-hydrogen) atoms. The predicted octanol–water partition coefficient (Wildman–Crippen LogP) is 3.69. The van der Waals surface area contributed by atoms with E-state index in [1.54, 1.807) is 11.3 Å². The summed E-state index contributed by atoms with van der Waals surface area (Å²) in [6.45, 7) is 6.51. The number of carbonyl (C=O) groups excluding carboxylic acids is 2. The van der Waals surface area contributed by atoms with Gasteiger partial charge in [-0.2, -0.15) is 5.10 Å². The number of hydrogen-bond acceptors (Lipinski definition) is 5. The summed E-state index contributed by atoms with van der Waals surface area (Å²) < 4.78 is 0. The Balaban J connectivity index is 1.55. The van der Waals surface area contributed by atoms with E-state index in [4.69, 9.17) is 0 Å². The zero-order chi connectivity index (χ0) is 20.1. The second-order valence-electron chi connectivity index (χ2n) is 7.14. The summed E-state index contributed by atoms with van der Waals surface area (Å²) in [6, 6.07) is 5.89. The van der Waals surface area contributed by atoms with E-state index in [-0.39, 0.29) is 11.8 Å². The zero-order valence-electron chi connectivity index (χ0n) is 16.6. The van der Waals surface area contributed by atoms with Crippen molar-refractivity contribution in [2.75, 3.05) is 11.6 Å². The standard InChI is InChI=1S/C21H26N4O2S/c1-14-7-8-15(2)18(12-14)25-20(26)10-9-17(24-25)21(27)22-11-5-4-6-19-23-16(3)13-28-19/h7-8,12-13H,4-6,9-11H2,1-3H3,(H,22,27). The van der Waals surface area contributed by atoms with Gasteiger partial charge in [0.05, 0.1) is 10.7 Å². The van der Waals surface area contributed by atoms with Crippen molar-refractivity contribution in [3.63, 3.8) is 0 Å². The second-order valence-corrected chi connectivity index (χ2v) is 8.08. The van der Waals surface area contributed by atoms with Crippen LogP contribution in [-0.4, -0.2) is 29.1 Å². The summed E-state index contributed by atoms with van der Waals surface area (Å²) in [5, 5.41) is 11.9. The number of thiazole rings is 1. The van der Waals surface area contributed by atoms with Gasteiger partial charge in [0.2, 0.25) is 5.91 Å². The Hall–Kier alpha value is -2.54. The molecule has 6 nitrogen and oxygen atoms in total. The number of carbonyl (C=O) groups is 2. The molecule has 1 aromatic heterocycles. The van der Waals surface area contributed by atoms with E-state index >= 15 is 0 Å². The van der Waals surface area contributed by atoms with Gasteiger partial charge < -0.3 is 5.32 Å². The largest absolute Gasteiger partial charge is 0.351 e. The van der Waals surface area contributed by atoms with Crippen LogP contribution in [0.5, 0.6) is 0 Å². The Morgan fingerprint density at radius 2 is 2.04 bits per heavy atom. The molecule has 3 rings (SSSR count). The van der Waals surface area contributed by atoms with Crippen LogP contribution in [0.2, 0.25) is 0 Å². The average molecular weight is 399 g/mol. The molecule has 1 N–H and O–H groups in total. The van der Waals surface area contributed by atoms with Crippen LogP contribution in [0.3, 0.4) is 0 Å². The highest BCUT2D eigenvalue weighted by molar-refractivity contribution is 7.09. The van der Waals surface area contributed by atoms with Crippen molar-refractivity contribution in [1.82, 2.24) is 10.3 Å². The van der Waals surface area contributed by atoms with Gasteiger partial charge in [-0.1, -0.05) is 12.1 Å². The topological polar surface area (TPSA) is 74.7 Å². The summed E-state index contributed by atoms with van der Waals surface area (Å²) in [7, 11) is 0. The highest BCUT2D eigenvalue weighted by Crippen LogP contribution is 2.25. The van der Waals surface area contributed by atoms with Crippen LogP contribution >= 0.6 is 11.3 Å². The summed E-state index contributed by atoms with van der Waals surface area (Å²) in [4.78, 5) is 29.3. The van der Waals surface area contributed by atoms with E-state index in [0.717, 1.165) is 46.8 Å². The van der Waals surface area contributed by atoms with E-state index in [1.807, 2.05) is 39.0 Å². The number of aryl methyl sites for hydroxylation is 4. The molecule has 0 saturated heterocycles. The molecule has 2 heterocycles. The zero-order valence-corrected chi connectivity index (χ0v) is 17.4. The quantitative estimate of drug-likeness (QED) is 0.723. The van der Waals surface area contributed by atoms with Crippen LogP contribution in [0.1, 0.15) is 47.5 Å². The highest BCUT2D eigenvalue weighted by atomic mass is 32.1. The maximum Gasteiger partial charge on any atom is 0.267 e. The van der Waals surface area contributed by atoms with E-state index in [2.05, 4.69) is 20.8 Å². The summed E-state index contributed by atoms with van der Waals surface area (Å²) in [5.41, 5.74) is 4.23. The number of nitrogens with zero attached hydrogens (tertiary/aromatic N) is 3. The third-order valence-electron chi connectivity index (χ3n) is 4.66. The number of aromatic nitrogens is 1. The fraction of sp³-hybridized carbons (Fsp3) is 0.429. The Bertz CT molecular complexity index is 904. The third kappa shape index (κ3) is 5.04. The Morgan fingerprint density at radius 3 is 2.79 bits per heavy atom. The monoisotopic (exact) mass is 398 g/mol. The van der Waals surface area contributed by atoms with Gasteiger partial charge in [-0.3, -0.25) is 9.59 Å². The molecular formula is C21H26N4O2S. The number of benzene rings is 1. The number of rotatable bonds is 7. The minimum atomic E-state index is -0.187. The first-order valence-electron chi connectivity index (χ1n) is 9.61. The van der Waals surface area contributed by atoms with Gasteiger partial charge in [-0.15, -0.1) is 11.3 Å². The molecule has 0 bridgehead atoms. The lowest BCUT2D eigenvalue weighted by atomic mass is 10.1. The van der Waals surface area contributed by atoms with Crippen LogP contribution in [-0.2, 0) is 16.0 Å². The van der Waals surface area contributed by atoms with Crippen molar-refractivity contribution in [3.8, 4) is 0 Å². The summed E-state index contributed by atoms with van der Waals surface area (Å²) in [5.74, 6) is -0.267. The molecule has 0 radical (unpaired) electrons. The normalized spacial score (nSPS) is 14.2. The molecule has 0 fully saturated rings. The van der Waals surface area contributed by atoms with Crippen molar-refractivity contribution in [2.45, 2.75) is 52.9 Å². The first-order valence-corrected chi connectivity index (χ1v) is 10.5. The van der Waals surface area contributed by atoms with E-state index in [1.165, 1.54) is 5.01 Å².